The largest absolute Gasteiger partial charge is 0.492 e. The van der Waals surface area contributed by atoms with E-state index >= 15 is 0 Å². The third-order valence-corrected chi connectivity index (χ3v) is 4.36. The van der Waals surface area contributed by atoms with E-state index in [0.29, 0.717) is 34.6 Å². The van der Waals surface area contributed by atoms with Crippen LogP contribution in [-0.4, -0.2) is 30.1 Å². The number of rotatable bonds is 8. The first-order chi connectivity index (χ1) is 14.3. The number of benzene rings is 2. The van der Waals surface area contributed by atoms with E-state index < -0.39 is 5.91 Å². The minimum atomic E-state index is -0.448. The number of amides is 2. The van der Waals surface area contributed by atoms with Gasteiger partial charge in [0.2, 0.25) is 5.91 Å². The van der Waals surface area contributed by atoms with Crippen molar-refractivity contribution in [3.05, 3.63) is 58.1 Å². The van der Waals surface area contributed by atoms with Crippen LogP contribution in [0.15, 0.2) is 42.5 Å². The maximum Gasteiger partial charge on any atom is 0.264 e. The Morgan fingerprint density at radius 2 is 1.83 bits per heavy atom. The highest BCUT2D eigenvalue weighted by Crippen LogP contribution is 2.27. The first-order valence-electron chi connectivity index (χ1n) is 8.99. The Labute approximate surface area is 190 Å². The number of aryl methyl sites for hydroxylation is 1. The lowest BCUT2D eigenvalue weighted by Gasteiger charge is -2.12. The van der Waals surface area contributed by atoms with Crippen LogP contribution in [0, 0.1) is 6.92 Å². The molecule has 0 spiro atoms. The van der Waals surface area contributed by atoms with Gasteiger partial charge in [-0.15, -0.1) is 0 Å². The molecule has 7 nitrogen and oxygen atoms in total. The lowest BCUT2D eigenvalue weighted by molar-refractivity contribution is -0.123. The van der Waals surface area contributed by atoms with E-state index in [4.69, 9.17) is 44.9 Å². The zero-order valence-corrected chi connectivity index (χ0v) is 18.5. The number of carbonyl (C=O) groups is 2. The Morgan fingerprint density at radius 1 is 1.03 bits per heavy atom. The summed E-state index contributed by atoms with van der Waals surface area (Å²) in [5, 5.41) is 3.29. The van der Waals surface area contributed by atoms with Crippen LogP contribution in [-0.2, 0) is 9.59 Å². The summed E-state index contributed by atoms with van der Waals surface area (Å²) in [5.74, 6) is 0.320. The molecule has 160 valence electrons. The molecule has 0 saturated heterocycles. The smallest absolute Gasteiger partial charge is 0.264 e. The zero-order chi connectivity index (χ0) is 21.9. The lowest BCUT2D eigenvalue weighted by Crippen LogP contribution is -2.49. The van der Waals surface area contributed by atoms with Gasteiger partial charge in [-0.1, -0.05) is 35.3 Å². The fourth-order valence-corrected chi connectivity index (χ4v) is 2.87. The third kappa shape index (κ3) is 8.86. The van der Waals surface area contributed by atoms with Crippen LogP contribution in [0.25, 0.3) is 0 Å². The third-order valence-electron chi connectivity index (χ3n) is 3.63. The van der Waals surface area contributed by atoms with E-state index in [2.05, 4.69) is 16.2 Å². The molecule has 0 aliphatic rings. The van der Waals surface area contributed by atoms with Crippen LogP contribution >= 0.6 is 35.4 Å². The first-order valence-corrected chi connectivity index (χ1v) is 10.2. The molecule has 0 fully saturated rings. The summed E-state index contributed by atoms with van der Waals surface area (Å²) in [6.45, 7) is 2.02. The normalized spacial score (nSPS) is 10.1. The van der Waals surface area contributed by atoms with Crippen LogP contribution < -0.4 is 25.6 Å². The van der Waals surface area contributed by atoms with Gasteiger partial charge in [-0.05, 0) is 61.5 Å². The molecule has 0 aliphatic carbocycles. The molecule has 0 aromatic heterocycles. The van der Waals surface area contributed by atoms with Crippen molar-refractivity contribution in [3.63, 3.8) is 0 Å². The maximum absolute atomic E-state index is 11.8. The van der Waals surface area contributed by atoms with Crippen molar-refractivity contribution in [3.8, 4) is 11.5 Å². The Kier molecular flexibility index (Phi) is 9.66. The molecule has 2 aromatic rings. The predicted octanol–water partition coefficient (Wildman–Crippen LogP) is 3.56. The molecule has 0 atom stereocenters. The molecule has 0 bridgehead atoms. The van der Waals surface area contributed by atoms with Gasteiger partial charge in [0.15, 0.2) is 11.7 Å². The summed E-state index contributed by atoms with van der Waals surface area (Å²) in [5.41, 5.74) is 5.89. The van der Waals surface area contributed by atoms with Gasteiger partial charge < -0.3 is 9.47 Å². The van der Waals surface area contributed by atoms with E-state index in [1.165, 1.54) is 0 Å². The Morgan fingerprint density at radius 3 is 2.57 bits per heavy atom. The van der Waals surface area contributed by atoms with Gasteiger partial charge in [0.05, 0.1) is 11.6 Å². The van der Waals surface area contributed by atoms with Gasteiger partial charge in [-0.25, -0.2) is 0 Å². The molecule has 10 heteroatoms. The molecule has 2 aromatic carbocycles. The van der Waals surface area contributed by atoms with Gasteiger partial charge in [-0.3, -0.25) is 25.8 Å². The molecule has 2 rings (SSSR count). The van der Waals surface area contributed by atoms with E-state index in [0.717, 1.165) is 5.56 Å². The van der Waals surface area contributed by atoms with E-state index in [-0.39, 0.29) is 24.0 Å². The summed E-state index contributed by atoms with van der Waals surface area (Å²) in [6, 6.07) is 12.2. The molecular weight excluding hydrogens is 449 g/mol. The van der Waals surface area contributed by atoms with Crippen LogP contribution in [0.2, 0.25) is 10.0 Å². The summed E-state index contributed by atoms with van der Waals surface area (Å²) in [6.07, 6.45) is 0.640. The van der Waals surface area contributed by atoms with Crippen LogP contribution in [0.5, 0.6) is 11.5 Å². The average Bonchev–Trinajstić information content (AvgIpc) is 2.69. The summed E-state index contributed by atoms with van der Waals surface area (Å²) >= 11 is 16.8. The summed E-state index contributed by atoms with van der Waals surface area (Å²) < 4.78 is 10.9. The molecular formula is C20H21Cl2N3O4S. The Bertz CT molecular complexity index is 911. The number of halogens is 2. The number of hydrazine groups is 1. The fraction of sp³-hybridized carbons (Fsp3) is 0.250. The number of ether oxygens (including phenoxy) is 2. The topological polar surface area (TPSA) is 88.7 Å². The van der Waals surface area contributed by atoms with Crippen molar-refractivity contribution in [1.29, 1.82) is 0 Å². The number of thiocarbonyl (C=S) groups is 1. The SMILES string of the molecule is Cc1cccc(OCC(=O)NC(=S)NNC(=O)CCCOc2ccc(Cl)cc2Cl)c1. The second-order valence-electron chi connectivity index (χ2n) is 6.18. The number of hydrogen-bond donors (Lipinski definition) is 3. The van der Waals surface area contributed by atoms with Crippen LogP contribution in [0.1, 0.15) is 18.4 Å². The van der Waals surface area contributed by atoms with Gasteiger partial charge in [0.1, 0.15) is 11.5 Å². The maximum atomic E-state index is 11.8. The van der Waals surface area contributed by atoms with Gasteiger partial charge in [0, 0.05) is 11.4 Å². The van der Waals surface area contributed by atoms with Crippen LogP contribution in [0.4, 0.5) is 0 Å². The Balaban J connectivity index is 1.58. The molecule has 2 amide bonds. The molecule has 0 heterocycles. The monoisotopic (exact) mass is 469 g/mol. The predicted molar refractivity (Wildman–Crippen MR) is 120 cm³/mol. The second kappa shape index (κ2) is 12.2. The van der Waals surface area contributed by atoms with E-state index in [1.54, 1.807) is 24.3 Å². The van der Waals surface area contributed by atoms with E-state index in [1.807, 2.05) is 25.1 Å². The second-order valence-corrected chi connectivity index (χ2v) is 7.43. The molecule has 30 heavy (non-hydrogen) atoms. The first kappa shape index (κ1) is 23.7. The number of carbonyl (C=O) groups excluding carboxylic acids is 2. The lowest BCUT2D eigenvalue weighted by atomic mass is 10.2. The van der Waals surface area contributed by atoms with E-state index in [9.17, 15) is 9.59 Å². The average molecular weight is 470 g/mol. The van der Waals surface area contributed by atoms with Crippen molar-refractivity contribution < 1.29 is 19.1 Å². The van der Waals surface area contributed by atoms with Gasteiger partial charge in [0.25, 0.3) is 5.91 Å². The number of nitrogens with one attached hydrogen (secondary N) is 3. The van der Waals surface area contributed by atoms with Gasteiger partial charge in [-0.2, -0.15) is 0 Å². The highest BCUT2D eigenvalue weighted by atomic mass is 35.5. The number of hydrogen-bond acceptors (Lipinski definition) is 5. The standard InChI is InChI=1S/C20H21Cl2N3O4S/c1-13-4-2-5-15(10-13)29-12-19(27)23-20(30)25-24-18(26)6-3-9-28-17-8-7-14(21)11-16(17)22/h2,4-5,7-8,10-11H,3,6,9,12H2,1H3,(H,24,26)(H2,23,25,27,30). The minimum absolute atomic E-state index is 0.0367. The fourth-order valence-electron chi connectivity index (χ4n) is 2.24. The molecule has 0 aliphatic heterocycles. The zero-order valence-electron chi connectivity index (χ0n) is 16.2. The van der Waals surface area contributed by atoms with Crippen molar-refractivity contribution in [2.24, 2.45) is 0 Å². The van der Waals surface area contributed by atoms with Crippen molar-refractivity contribution in [2.45, 2.75) is 19.8 Å². The quantitative estimate of drug-likeness (QED) is 0.311. The van der Waals surface area contributed by atoms with Crippen molar-refractivity contribution in [2.75, 3.05) is 13.2 Å². The van der Waals surface area contributed by atoms with Crippen molar-refractivity contribution in [1.82, 2.24) is 16.2 Å². The minimum Gasteiger partial charge on any atom is -0.492 e. The summed E-state index contributed by atoms with van der Waals surface area (Å²) in [7, 11) is 0. The molecule has 0 saturated carbocycles. The Hall–Kier alpha value is -2.55. The molecule has 0 unspecified atom stereocenters. The van der Waals surface area contributed by atoms with Crippen LogP contribution in [0.3, 0.4) is 0 Å². The molecule has 3 N–H and O–H groups in total. The highest BCUT2D eigenvalue weighted by Gasteiger charge is 2.08. The van der Waals surface area contributed by atoms with Crippen molar-refractivity contribution >= 4 is 52.3 Å². The summed E-state index contributed by atoms with van der Waals surface area (Å²) in [4.78, 5) is 23.7. The highest BCUT2D eigenvalue weighted by molar-refractivity contribution is 7.80. The van der Waals surface area contributed by atoms with Gasteiger partial charge >= 0.3 is 0 Å². The molecule has 0 radical (unpaired) electrons.